The molecule has 1 aliphatic heterocycles. The minimum atomic E-state index is -0.149. The molecule has 3 nitrogen and oxygen atoms in total. The topological polar surface area (TPSA) is 25.2 Å². The molecular formula is C21H21FN2OS. The molecule has 2 aromatic carbocycles. The number of rotatable bonds is 3. The SMILES string of the molecule is O=C(Cn1ccc2ccccc21)N1CCSC(c2ccccc2F)CC1. The number of hydrogen-bond acceptors (Lipinski definition) is 2. The van der Waals surface area contributed by atoms with Crippen molar-refractivity contribution in [2.24, 2.45) is 0 Å². The van der Waals surface area contributed by atoms with E-state index < -0.39 is 0 Å². The molecule has 1 unspecified atom stereocenters. The van der Waals surface area contributed by atoms with Gasteiger partial charge in [0.15, 0.2) is 0 Å². The van der Waals surface area contributed by atoms with Crippen LogP contribution < -0.4 is 0 Å². The molecule has 0 saturated carbocycles. The molecule has 1 fully saturated rings. The summed E-state index contributed by atoms with van der Waals surface area (Å²) in [7, 11) is 0. The second-order valence-electron chi connectivity index (χ2n) is 6.55. The van der Waals surface area contributed by atoms with Crippen molar-refractivity contribution >= 4 is 28.6 Å². The summed E-state index contributed by atoms with van der Waals surface area (Å²) in [5.41, 5.74) is 1.83. The Hall–Kier alpha value is -2.27. The number of hydrogen-bond donors (Lipinski definition) is 0. The summed E-state index contributed by atoms with van der Waals surface area (Å²) in [5.74, 6) is 0.807. The van der Waals surface area contributed by atoms with Crippen molar-refractivity contribution in [1.82, 2.24) is 9.47 Å². The number of benzene rings is 2. The normalized spacial score (nSPS) is 18.0. The Kier molecular flexibility index (Phi) is 4.98. The number of carbonyl (C=O) groups excluding carboxylic acids is 1. The third-order valence-electron chi connectivity index (χ3n) is 4.93. The lowest BCUT2D eigenvalue weighted by atomic mass is 10.1. The first kappa shape index (κ1) is 17.2. The van der Waals surface area contributed by atoms with Gasteiger partial charge in [0.1, 0.15) is 12.4 Å². The van der Waals surface area contributed by atoms with Crippen molar-refractivity contribution in [3.63, 3.8) is 0 Å². The molecule has 4 rings (SSSR count). The van der Waals surface area contributed by atoms with Gasteiger partial charge in [-0.25, -0.2) is 4.39 Å². The molecule has 1 aliphatic rings. The van der Waals surface area contributed by atoms with E-state index in [1.165, 1.54) is 6.07 Å². The molecule has 1 saturated heterocycles. The Labute approximate surface area is 156 Å². The van der Waals surface area contributed by atoms with Crippen molar-refractivity contribution < 1.29 is 9.18 Å². The van der Waals surface area contributed by atoms with Crippen molar-refractivity contribution in [3.8, 4) is 0 Å². The maximum absolute atomic E-state index is 14.1. The molecule has 26 heavy (non-hydrogen) atoms. The van der Waals surface area contributed by atoms with E-state index in [1.54, 1.807) is 17.8 Å². The first-order chi connectivity index (χ1) is 12.7. The fourth-order valence-corrected chi connectivity index (χ4v) is 4.78. The standard InChI is InChI=1S/C21H21FN2OS/c22-18-7-3-2-6-17(18)20-10-12-23(13-14-26-20)21(25)15-24-11-9-16-5-1-4-8-19(16)24/h1-9,11,20H,10,12-15H2. The molecule has 3 aromatic rings. The highest BCUT2D eigenvalue weighted by Gasteiger charge is 2.23. The van der Waals surface area contributed by atoms with Gasteiger partial charge in [0, 0.05) is 41.4 Å². The van der Waals surface area contributed by atoms with Gasteiger partial charge >= 0.3 is 0 Å². The van der Waals surface area contributed by atoms with E-state index in [2.05, 4.69) is 6.07 Å². The smallest absolute Gasteiger partial charge is 0.242 e. The molecule has 0 spiro atoms. The largest absolute Gasteiger partial charge is 0.340 e. The van der Waals surface area contributed by atoms with Gasteiger partial charge in [0.2, 0.25) is 5.91 Å². The number of fused-ring (bicyclic) bond motifs is 1. The van der Waals surface area contributed by atoms with Crippen LogP contribution in [-0.2, 0) is 11.3 Å². The van der Waals surface area contributed by atoms with Gasteiger partial charge in [-0.2, -0.15) is 11.8 Å². The maximum Gasteiger partial charge on any atom is 0.242 e. The quantitative estimate of drug-likeness (QED) is 0.681. The number of carbonyl (C=O) groups is 1. The second kappa shape index (κ2) is 7.54. The molecule has 0 bridgehead atoms. The minimum Gasteiger partial charge on any atom is -0.340 e. The number of amides is 1. The van der Waals surface area contributed by atoms with Crippen LogP contribution in [0.15, 0.2) is 60.8 Å². The van der Waals surface area contributed by atoms with Crippen LogP contribution in [-0.4, -0.2) is 34.2 Å². The van der Waals surface area contributed by atoms with Gasteiger partial charge in [0.25, 0.3) is 0 Å². The molecule has 0 aliphatic carbocycles. The minimum absolute atomic E-state index is 0.112. The number of aromatic nitrogens is 1. The Morgan fingerprint density at radius 2 is 1.88 bits per heavy atom. The Balaban J connectivity index is 1.44. The fraction of sp³-hybridized carbons (Fsp3) is 0.286. The number of nitrogens with zero attached hydrogens (tertiary/aromatic N) is 2. The highest BCUT2D eigenvalue weighted by molar-refractivity contribution is 7.99. The van der Waals surface area contributed by atoms with Gasteiger partial charge in [-0.15, -0.1) is 0 Å². The molecule has 1 atom stereocenters. The summed E-state index contributed by atoms with van der Waals surface area (Å²) in [5, 5.41) is 1.26. The highest BCUT2D eigenvalue weighted by atomic mass is 32.2. The molecule has 134 valence electrons. The van der Waals surface area contributed by atoms with Crippen molar-refractivity contribution in [2.45, 2.75) is 18.2 Å². The summed E-state index contributed by atoms with van der Waals surface area (Å²) in [6.07, 6.45) is 2.75. The van der Waals surface area contributed by atoms with Gasteiger partial charge in [-0.1, -0.05) is 36.4 Å². The van der Waals surface area contributed by atoms with Crippen LogP contribution >= 0.6 is 11.8 Å². The van der Waals surface area contributed by atoms with E-state index in [0.717, 1.165) is 28.6 Å². The third-order valence-corrected chi connectivity index (χ3v) is 6.24. The molecule has 2 heterocycles. The summed E-state index contributed by atoms with van der Waals surface area (Å²) in [6.45, 7) is 1.74. The fourth-order valence-electron chi connectivity index (χ4n) is 3.53. The van der Waals surface area contributed by atoms with E-state index in [9.17, 15) is 9.18 Å². The Morgan fingerprint density at radius 3 is 2.77 bits per heavy atom. The zero-order chi connectivity index (χ0) is 17.9. The van der Waals surface area contributed by atoms with Gasteiger partial charge in [-0.05, 0) is 30.0 Å². The first-order valence-electron chi connectivity index (χ1n) is 8.90. The van der Waals surface area contributed by atoms with Crippen LogP contribution in [0.3, 0.4) is 0 Å². The third kappa shape index (κ3) is 3.49. The molecule has 1 aromatic heterocycles. The Bertz CT molecular complexity index is 923. The maximum atomic E-state index is 14.1. The lowest BCUT2D eigenvalue weighted by molar-refractivity contribution is -0.131. The van der Waals surface area contributed by atoms with Crippen LogP contribution in [0.25, 0.3) is 10.9 Å². The van der Waals surface area contributed by atoms with Crippen LogP contribution in [0.1, 0.15) is 17.2 Å². The average Bonchev–Trinajstić information content (AvgIpc) is 2.90. The summed E-state index contributed by atoms with van der Waals surface area (Å²) < 4.78 is 16.1. The van der Waals surface area contributed by atoms with Crippen LogP contribution in [0.4, 0.5) is 4.39 Å². The Morgan fingerprint density at radius 1 is 1.08 bits per heavy atom. The van der Waals surface area contributed by atoms with Gasteiger partial charge < -0.3 is 9.47 Å². The monoisotopic (exact) mass is 368 g/mol. The van der Waals surface area contributed by atoms with E-state index >= 15 is 0 Å². The zero-order valence-corrected chi connectivity index (χ0v) is 15.3. The second-order valence-corrected chi connectivity index (χ2v) is 7.86. The molecule has 5 heteroatoms. The lowest BCUT2D eigenvalue weighted by Gasteiger charge is -2.21. The predicted octanol–water partition coefficient (Wildman–Crippen LogP) is 4.49. The van der Waals surface area contributed by atoms with Gasteiger partial charge in [-0.3, -0.25) is 4.79 Å². The zero-order valence-electron chi connectivity index (χ0n) is 14.5. The lowest BCUT2D eigenvalue weighted by Crippen LogP contribution is -2.35. The molecular weight excluding hydrogens is 347 g/mol. The number of halogens is 1. The van der Waals surface area contributed by atoms with Crippen molar-refractivity contribution in [1.29, 1.82) is 0 Å². The van der Waals surface area contributed by atoms with Crippen molar-refractivity contribution in [3.05, 3.63) is 72.2 Å². The van der Waals surface area contributed by atoms with E-state index in [-0.39, 0.29) is 17.0 Å². The van der Waals surface area contributed by atoms with Crippen LogP contribution in [0, 0.1) is 5.82 Å². The number of thioether (sulfide) groups is 1. The van der Waals surface area contributed by atoms with Crippen LogP contribution in [0.2, 0.25) is 0 Å². The van der Waals surface area contributed by atoms with Crippen molar-refractivity contribution in [2.75, 3.05) is 18.8 Å². The highest BCUT2D eigenvalue weighted by Crippen LogP contribution is 2.35. The van der Waals surface area contributed by atoms with E-state index in [0.29, 0.717) is 19.6 Å². The molecule has 1 amide bonds. The predicted molar refractivity (Wildman–Crippen MR) is 105 cm³/mol. The summed E-state index contributed by atoms with van der Waals surface area (Å²) >= 11 is 1.74. The molecule has 0 N–H and O–H groups in total. The number of para-hydroxylation sites is 1. The van der Waals surface area contributed by atoms with Crippen LogP contribution in [0.5, 0.6) is 0 Å². The average molecular weight is 368 g/mol. The molecule has 0 radical (unpaired) electrons. The van der Waals surface area contributed by atoms with E-state index in [1.807, 2.05) is 52.1 Å². The first-order valence-corrected chi connectivity index (χ1v) is 9.95. The summed E-state index contributed by atoms with van der Waals surface area (Å²) in [6, 6.07) is 17.1. The van der Waals surface area contributed by atoms with E-state index in [4.69, 9.17) is 0 Å². The summed E-state index contributed by atoms with van der Waals surface area (Å²) in [4.78, 5) is 14.7. The van der Waals surface area contributed by atoms with Gasteiger partial charge in [0.05, 0.1) is 0 Å².